The summed E-state index contributed by atoms with van der Waals surface area (Å²) in [5.41, 5.74) is 0.241. The van der Waals surface area contributed by atoms with Gasteiger partial charge in [-0.3, -0.25) is 14.4 Å². The van der Waals surface area contributed by atoms with Gasteiger partial charge in [-0.25, -0.2) is 13.6 Å². The second-order valence-corrected chi connectivity index (χ2v) is 7.53. The quantitative estimate of drug-likeness (QED) is 0.471. The highest BCUT2D eigenvalue weighted by atomic mass is 32.2. The molecule has 0 heterocycles. The second-order valence-electron chi connectivity index (χ2n) is 6.53. The molecule has 1 amide bonds. The lowest BCUT2D eigenvalue weighted by molar-refractivity contribution is -0.146. The standard InChI is InChI=1S/C22H21F2NO6S/c1-4-30-21(28)19(25-12(2)26)11-32-22(29)17-9-14(5-8-20(17)31-13(3)27)16-7-6-15(23)10-18(16)24/h5-10,19H,4,11H2,1-3H3,(H,25,26)/t19-/m0/s1. The van der Waals surface area contributed by atoms with E-state index in [4.69, 9.17) is 9.47 Å². The normalized spacial score (nSPS) is 11.4. The predicted molar refractivity (Wildman–Crippen MR) is 114 cm³/mol. The summed E-state index contributed by atoms with van der Waals surface area (Å²) in [4.78, 5) is 47.7. The number of amides is 1. The van der Waals surface area contributed by atoms with Crippen LogP contribution in [0.25, 0.3) is 11.1 Å². The van der Waals surface area contributed by atoms with E-state index < -0.39 is 40.6 Å². The number of nitrogens with one attached hydrogen (secondary N) is 1. The minimum absolute atomic E-state index is 0.0440. The van der Waals surface area contributed by atoms with Gasteiger partial charge in [-0.1, -0.05) is 17.8 Å². The van der Waals surface area contributed by atoms with E-state index in [2.05, 4.69) is 5.32 Å². The highest BCUT2D eigenvalue weighted by Gasteiger charge is 2.24. The van der Waals surface area contributed by atoms with Crippen LogP contribution in [0.2, 0.25) is 0 Å². The average molecular weight is 465 g/mol. The van der Waals surface area contributed by atoms with Crippen LogP contribution in [-0.4, -0.2) is 41.4 Å². The van der Waals surface area contributed by atoms with Crippen molar-refractivity contribution >= 4 is 34.7 Å². The van der Waals surface area contributed by atoms with E-state index in [1.807, 2.05) is 0 Å². The zero-order chi connectivity index (χ0) is 23.8. The van der Waals surface area contributed by atoms with Gasteiger partial charge in [0.2, 0.25) is 11.0 Å². The topological polar surface area (TPSA) is 98.8 Å². The maximum Gasteiger partial charge on any atom is 0.329 e. The minimum Gasteiger partial charge on any atom is -0.464 e. The van der Waals surface area contributed by atoms with Crippen LogP contribution in [0.5, 0.6) is 5.75 Å². The molecule has 0 bridgehead atoms. The first kappa shape index (κ1) is 25.0. The molecule has 0 fully saturated rings. The molecule has 0 aromatic heterocycles. The van der Waals surface area contributed by atoms with Gasteiger partial charge in [0.25, 0.3) is 0 Å². The molecule has 0 aliphatic rings. The van der Waals surface area contributed by atoms with Crippen molar-refractivity contribution in [2.75, 3.05) is 12.4 Å². The first-order valence-electron chi connectivity index (χ1n) is 9.51. The predicted octanol–water partition coefficient (Wildman–Crippen LogP) is 3.50. The summed E-state index contributed by atoms with van der Waals surface area (Å²) in [6.45, 7) is 4.07. The average Bonchev–Trinajstić information content (AvgIpc) is 2.71. The van der Waals surface area contributed by atoms with E-state index in [0.29, 0.717) is 17.8 Å². The Morgan fingerprint density at radius 3 is 2.38 bits per heavy atom. The summed E-state index contributed by atoms with van der Waals surface area (Å²) in [6, 6.07) is 5.99. The Bertz CT molecular complexity index is 1040. The van der Waals surface area contributed by atoms with Crippen LogP contribution in [0.1, 0.15) is 31.1 Å². The molecular weight excluding hydrogens is 444 g/mol. The van der Waals surface area contributed by atoms with Crippen molar-refractivity contribution in [2.24, 2.45) is 0 Å². The minimum atomic E-state index is -1.07. The highest BCUT2D eigenvalue weighted by molar-refractivity contribution is 8.14. The van der Waals surface area contributed by atoms with E-state index >= 15 is 0 Å². The number of carbonyl (C=O) groups excluding carboxylic acids is 4. The number of carbonyl (C=O) groups is 4. The first-order valence-corrected chi connectivity index (χ1v) is 10.5. The van der Waals surface area contributed by atoms with Gasteiger partial charge in [-0.05, 0) is 36.8 Å². The number of halogens is 2. The molecule has 0 saturated carbocycles. The molecule has 1 N–H and O–H groups in total. The first-order chi connectivity index (χ1) is 15.1. The number of benzene rings is 2. The molecule has 0 spiro atoms. The molecule has 0 radical (unpaired) electrons. The van der Waals surface area contributed by atoms with Crippen molar-refractivity contribution in [1.82, 2.24) is 5.32 Å². The van der Waals surface area contributed by atoms with Crippen LogP contribution >= 0.6 is 11.8 Å². The highest BCUT2D eigenvalue weighted by Crippen LogP contribution is 2.31. The zero-order valence-electron chi connectivity index (χ0n) is 17.6. The molecule has 170 valence electrons. The summed E-state index contributed by atoms with van der Waals surface area (Å²) in [5.74, 6) is -3.65. The fourth-order valence-corrected chi connectivity index (χ4v) is 3.57. The summed E-state index contributed by atoms with van der Waals surface area (Å²) in [7, 11) is 0. The lowest BCUT2D eigenvalue weighted by atomic mass is 10.0. The van der Waals surface area contributed by atoms with Crippen LogP contribution in [0, 0.1) is 11.6 Å². The van der Waals surface area contributed by atoms with Crippen LogP contribution in [-0.2, 0) is 19.1 Å². The van der Waals surface area contributed by atoms with Gasteiger partial charge in [0, 0.05) is 31.2 Å². The molecule has 32 heavy (non-hydrogen) atoms. The third kappa shape index (κ3) is 6.88. The van der Waals surface area contributed by atoms with Crippen LogP contribution in [0.3, 0.4) is 0 Å². The van der Waals surface area contributed by atoms with Crippen molar-refractivity contribution in [2.45, 2.75) is 26.8 Å². The Balaban J connectivity index is 2.34. The Morgan fingerprint density at radius 2 is 1.78 bits per heavy atom. The number of rotatable bonds is 8. The van der Waals surface area contributed by atoms with Gasteiger partial charge in [0.05, 0.1) is 12.2 Å². The molecule has 1 atom stereocenters. The Kier molecular flexibility index (Phi) is 8.89. The van der Waals surface area contributed by atoms with Crippen molar-refractivity contribution in [1.29, 1.82) is 0 Å². The summed E-state index contributed by atoms with van der Waals surface area (Å²) in [5, 5.41) is 1.82. The molecule has 0 saturated heterocycles. The fraction of sp³-hybridized carbons (Fsp3) is 0.273. The Labute approximate surface area is 187 Å². The molecule has 2 aromatic rings. The fourth-order valence-electron chi connectivity index (χ4n) is 2.72. The number of ether oxygens (including phenoxy) is 2. The van der Waals surface area contributed by atoms with E-state index in [0.717, 1.165) is 13.0 Å². The van der Waals surface area contributed by atoms with E-state index in [1.54, 1.807) is 6.92 Å². The number of thioether (sulfide) groups is 1. The van der Waals surface area contributed by atoms with Crippen molar-refractivity contribution < 1.29 is 37.4 Å². The SMILES string of the molecule is CCOC(=O)[C@H](CSC(=O)c1cc(-c2ccc(F)cc2F)ccc1OC(C)=O)NC(C)=O. The Hall–Kier alpha value is -3.27. The molecule has 7 nitrogen and oxygen atoms in total. The van der Waals surface area contributed by atoms with Crippen molar-refractivity contribution in [3.05, 3.63) is 53.6 Å². The lowest BCUT2D eigenvalue weighted by Crippen LogP contribution is -2.42. The molecule has 2 aromatic carbocycles. The van der Waals surface area contributed by atoms with E-state index in [9.17, 15) is 28.0 Å². The largest absolute Gasteiger partial charge is 0.464 e. The number of esters is 2. The summed E-state index contributed by atoms with van der Waals surface area (Å²) < 4.78 is 37.4. The van der Waals surface area contributed by atoms with Crippen LogP contribution < -0.4 is 10.1 Å². The number of hydrogen-bond donors (Lipinski definition) is 1. The van der Waals surface area contributed by atoms with Gasteiger partial charge in [-0.15, -0.1) is 0 Å². The van der Waals surface area contributed by atoms with Gasteiger partial charge in [0.15, 0.2) is 0 Å². The maximum absolute atomic E-state index is 14.2. The number of hydrogen-bond acceptors (Lipinski definition) is 7. The molecular formula is C22H21F2NO6S. The van der Waals surface area contributed by atoms with Crippen LogP contribution in [0.4, 0.5) is 8.78 Å². The molecule has 0 aliphatic carbocycles. The van der Waals surface area contributed by atoms with Crippen LogP contribution in [0.15, 0.2) is 36.4 Å². The molecule has 2 rings (SSSR count). The monoisotopic (exact) mass is 465 g/mol. The van der Waals surface area contributed by atoms with E-state index in [-0.39, 0.29) is 34.8 Å². The third-order valence-corrected chi connectivity index (χ3v) is 5.01. The maximum atomic E-state index is 14.2. The molecule has 10 heteroatoms. The second kappa shape index (κ2) is 11.4. The van der Waals surface area contributed by atoms with Gasteiger partial charge in [0.1, 0.15) is 23.4 Å². The smallest absolute Gasteiger partial charge is 0.329 e. The zero-order valence-corrected chi connectivity index (χ0v) is 18.4. The third-order valence-electron chi connectivity index (χ3n) is 4.03. The molecule has 0 aliphatic heterocycles. The lowest BCUT2D eigenvalue weighted by Gasteiger charge is -2.16. The molecule has 0 unspecified atom stereocenters. The van der Waals surface area contributed by atoms with E-state index in [1.165, 1.54) is 31.2 Å². The van der Waals surface area contributed by atoms with Crippen molar-refractivity contribution in [3.63, 3.8) is 0 Å². The van der Waals surface area contributed by atoms with Gasteiger partial charge >= 0.3 is 11.9 Å². The van der Waals surface area contributed by atoms with Gasteiger partial charge < -0.3 is 14.8 Å². The van der Waals surface area contributed by atoms with Crippen molar-refractivity contribution in [3.8, 4) is 16.9 Å². The van der Waals surface area contributed by atoms with Gasteiger partial charge in [-0.2, -0.15) is 0 Å². The Morgan fingerprint density at radius 1 is 1.06 bits per heavy atom. The summed E-state index contributed by atoms with van der Waals surface area (Å²) in [6.07, 6.45) is 0. The summed E-state index contributed by atoms with van der Waals surface area (Å²) >= 11 is 0.686.